The molecule has 2 heterocycles. The van der Waals surface area contributed by atoms with Crippen molar-refractivity contribution in [1.82, 2.24) is 10.3 Å². The summed E-state index contributed by atoms with van der Waals surface area (Å²) in [7, 11) is 0. The summed E-state index contributed by atoms with van der Waals surface area (Å²) in [5, 5.41) is 2.83. The lowest BCUT2D eigenvalue weighted by Gasteiger charge is -2.29. The molecule has 6 nitrogen and oxygen atoms in total. The Balaban J connectivity index is 1.67. The molecule has 2 aromatic rings. The van der Waals surface area contributed by atoms with E-state index in [0.717, 1.165) is 16.8 Å². The molecule has 118 valence electrons. The number of hydrogen-bond acceptors (Lipinski definition) is 5. The number of carbonyl (C=O) groups excluding carboxylic acids is 2. The standard InChI is InChI=1S/C17H17N3O3/c1-12-4-5-15-14(7-12)20(11-17(22)23-15)10-16(21)19-9-13-3-2-6-18-8-13/h2-8H,9-11H2,1H3,(H,19,21). The zero-order valence-electron chi connectivity index (χ0n) is 12.8. The van der Waals surface area contributed by atoms with Gasteiger partial charge in [-0.1, -0.05) is 12.1 Å². The maximum absolute atomic E-state index is 12.2. The van der Waals surface area contributed by atoms with E-state index in [9.17, 15) is 9.59 Å². The lowest BCUT2D eigenvalue weighted by atomic mass is 10.1. The number of anilines is 1. The quantitative estimate of drug-likeness (QED) is 0.683. The van der Waals surface area contributed by atoms with Gasteiger partial charge in [0.15, 0.2) is 5.75 Å². The van der Waals surface area contributed by atoms with Gasteiger partial charge in [0.1, 0.15) is 6.54 Å². The molecule has 1 amide bonds. The predicted molar refractivity (Wildman–Crippen MR) is 85.1 cm³/mol. The number of esters is 1. The van der Waals surface area contributed by atoms with Gasteiger partial charge in [0.25, 0.3) is 0 Å². The highest BCUT2D eigenvalue weighted by molar-refractivity contribution is 5.89. The minimum Gasteiger partial charge on any atom is -0.423 e. The number of carbonyl (C=O) groups is 2. The summed E-state index contributed by atoms with van der Waals surface area (Å²) in [5.74, 6) is -0.0238. The van der Waals surface area contributed by atoms with Crippen LogP contribution in [0.4, 0.5) is 5.69 Å². The molecule has 6 heteroatoms. The van der Waals surface area contributed by atoms with Crippen molar-refractivity contribution in [2.45, 2.75) is 13.5 Å². The van der Waals surface area contributed by atoms with Gasteiger partial charge in [0, 0.05) is 18.9 Å². The molecule has 0 saturated carbocycles. The SMILES string of the molecule is Cc1ccc2c(c1)N(CC(=O)NCc1cccnc1)CC(=O)O2. The molecule has 0 radical (unpaired) electrons. The van der Waals surface area contributed by atoms with Crippen LogP contribution in [0.1, 0.15) is 11.1 Å². The van der Waals surface area contributed by atoms with Crippen LogP contribution in [-0.2, 0) is 16.1 Å². The summed E-state index contributed by atoms with van der Waals surface area (Å²) in [5.41, 5.74) is 2.73. The van der Waals surface area contributed by atoms with E-state index in [2.05, 4.69) is 10.3 Å². The number of aryl methyl sites for hydroxylation is 1. The smallest absolute Gasteiger partial charge is 0.331 e. The minimum atomic E-state index is -0.360. The van der Waals surface area contributed by atoms with E-state index in [4.69, 9.17) is 4.74 Å². The fraction of sp³-hybridized carbons (Fsp3) is 0.235. The Morgan fingerprint density at radius 1 is 1.39 bits per heavy atom. The number of ether oxygens (including phenoxy) is 1. The number of rotatable bonds is 4. The van der Waals surface area contributed by atoms with Crippen LogP contribution in [0, 0.1) is 6.92 Å². The molecular weight excluding hydrogens is 294 g/mol. The second kappa shape index (κ2) is 6.48. The summed E-state index contributed by atoms with van der Waals surface area (Å²) in [4.78, 5) is 29.6. The number of nitrogens with zero attached hydrogens (tertiary/aromatic N) is 2. The van der Waals surface area contributed by atoms with Crippen molar-refractivity contribution >= 4 is 17.6 Å². The average Bonchev–Trinajstić information content (AvgIpc) is 2.54. The molecule has 1 aliphatic rings. The lowest BCUT2D eigenvalue weighted by Crippen LogP contribution is -2.43. The highest BCUT2D eigenvalue weighted by atomic mass is 16.5. The fourth-order valence-corrected chi connectivity index (χ4v) is 2.43. The summed E-state index contributed by atoms with van der Waals surface area (Å²) < 4.78 is 5.21. The molecule has 1 aromatic carbocycles. The van der Waals surface area contributed by atoms with Gasteiger partial charge in [-0.25, -0.2) is 4.79 Å². The van der Waals surface area contributed by atoms with Crippen molar-refractivity contribution in [3.05, 3.63) is 53.9 Å². The van der Waals surface area contributed by atoms with Gasteiger partial charge in [0.2, 0.25) is 5.91 Å². The van der Waals surface area contributed by atoms with Crippen molar-refractivity contribution in [2.75, 3.05) is 18.0 Å². The van der Waals surface area contributed by atoms with Crippen LogP contribution in [0.5, 0.6) is 5.75 Å². The molecule has 1 aliphatic heterocycles. The Hall–Kier alpha value is -2.89. The van der Waals surface area contributed by atoms with Crippen LogP contribution in [-0.4, -0.2) is 29.9 Å². The largest absolute Gasteiger partial charge is 0.423 e. The van der Waals surface area contributed by atoms with Crippen molar-refractivity contribution in [3.8, 4) is 5.75 Å². The van der Waals surface area contributed by atoms with E-state index in [-0.39, 0.29) is 25.0 Å². The Morgan fingerprint density at radius 3 is 3.04 bits per heavy atom. The zero-order valence-corrected chi connectivity index (χ0v) is 12.8. The van der Waals surface area contributed by atoms with E-state index >= 15 is 0 Å². The number of hydrogen-bond donors (Lipinski definition) is 1. The van der Waals surface area contributed by atoms with Gasteiger partial charge in [-0.3, -0.25) is 9.78 Å². The van der Waals surface area contributed by atoms with Gasteiger partial charge in [-0.15, -0.1) is 0 Å². The number of amides is 1. The molecule has 0 saturated heterocycles. The van der Waals surface area contributed by atoms with E-state index in [0.29, 0.717) is 12.3 Å². The summed E-state index contributed by atoms with van der Waals surface area (Å²) >= 11 is 0. The Morgan fingerprint density at radius 2 is 2.26 bits per heavy atom. The number of fused-ring (bicyclic) bond motifs is 1. The van der Waals surface area contributed by atoms with Crippen LogP contribution in [0.25, 0.3) is 0 Å². The van der Waals surface area contributed by atoms with E-state index < -0.39 is 0 Å². The second-order valence-corrected chi connectivity index (χ2v) is 5.44. The Labute approximate surface area is 134 Å². The highest BCUT2D eigenvalue weighted by Gasteiger charge is 2.25. The van der Waals surface area contributed by atoms with Gasteiger partial charge in [0.05, 0.1) is 12.2 Å². The number of aromatic nitrogens is 1. The van der Waals surface area contributed by atoms with E-state index in [1.807, 2.05) is 31.2 Å². The molecule has 0 unspecified atom stereocenters. The molecule has 0 bridgehead atoms. The first-order valence-corrected chi connectivity index (χ1v) is 7.34. The highest BCUT2D eigenvalue weighted by Crippen LogP contribution is 2.32. The first kappa shape index (κ1) is 15.0. The molecule has 0 fully saturated rings. The number of nitrogens with one attached hydrogen (secondary N) is 1. The maximum atomic E-state index is 12.2. The Bertz CT molecular complexity index is 731. The minimum absolute atomic E-state index is 0.0662. The molecule has 3 rings (SSSR count). The lowest BCUT2D eigenvalue weighted by molar-refractivity contribution is -0.133. The molecule has 1 N–H and O–H groups in total. The third-order valence-electron chi connectivity index (χ3n) is 3.55. The van der Waals surface area contributed by atoms with E-state index in [1.165, 1.54) is 0 Å². The van der Waals surface area contributed by atoms with Crippen molar-refractivity contribution < 1.29 is 14.3 Å². The zero-order chi connectivity index (χ0) is 16.2. The molecular formula is C17H17N3O3. The first-order valence-electron chi connectivity index (χ1n) is 7.34. The van der Waals surface area contributed by atoms with Crippen molar-refractivity contribution in [1.29, 1.82) is 0 Å². The maximum Gasteiger partial charge on any atom is 0.331 e. The summed E-state index contributed by atoms with van der Waals surface area (Å²) in [6.45, 7) is 2.53. The Kier molecular flexibility index (Phi) is 4.23. The van der Waals surface area contributed by atoms with Crippen LogP contribution in [0.15, 0.2) is 42.7 Å². The van der Waals surface area contributed by atoms with Gasteiger partial charge >= 0.3 is 5.97 Å². The van der Waals surface area contributed by atoms with Crippen LogP contribution in [0.3, 0.4) is 0 Å². The van der Waals surface area contributed by atoms with Crippen LogP contribution >= 0.6 is 0 Å². The average molecular weight is 311 g/mol. The monoisotopic (exact) mass is 311 g/mol. The van der Waals surface area contributed by atoms with Crippen LogP contribution in [0.2, 0.25) is 0 Å². The van der Waals surface area contributed by atoms with Crippen LogP contribution < -0.4 is 15.0 Å². The molecule has 1 aromatic heterocycles. The first-order chi connectivity index (χ1) is 11.1. The van der Waals surface area contributed by atoms with E-state index in [1.54, 1.807) is 23.4 Å². The second-order valence-electron chi connectivity index (χ2n) is 5.44. The van der Waals surface area contributed by atoms with Gasteiger partial charge in [-0.05, 0) is 36.2 Å². The number of pyridine rings is 1. The predicted octanol–water partition coefficient (Wildman–Crippen LogP) is 1.43. The summed E-state index contributed by atoms with van der Waals surface area (Å²) in [6.07, 6.45) is 3.39. The normalized spacial score (nSPS) is 13.3. The third-order valence-corrected chi connectivity index (χ3v) is 3.55. The van der Waals surface area contributed by atoms with Crippen molar-refractivity contribution in [2.24, 2.45) is 0 Å². The summed E-state index contributed by atoms with van der Waals surface area (Å²) in [6, 6.07) is 9.25. The molecule has 0 aliphatic carbocycles. The molecule has 0 spiro atoms. The van der Waals surface area contributed by atoms with Gasteiger partial charge in [-0.2, -0.15) is 0 Å². The van der Waals surface area contributed by atoms with Gasteiger partial charge < -0.3 is 15.0 Å². The third kappa shape index (κ3) is 3.66. The molecule has 0 atom stereocenters. The fourth-order valence-electron chi connectivity index (χ4n) is 2.43. The topological polar surface area (TPSA) is 71.5 Å². The number of benzene rings is 1. The molecule has 23 heavy (non-hydrogen) atoms. The van der Waals surface area contributed by atoms with Crippen molar-refractivity contribution in [3.63, 3.8) is 0 Å².